The number of H-pyrrole nitrogens is 1. The largest absolute Gasteiger partial charge is 0.339 e. The van der Waals surface area contributed by atoms with Crippen LogP contribution in [0.4, 0.5) is 0 Å². The van der Waals surface area contributed by atoms with Crippen molar-refractivity contribution in [2.24, 2.45) is 0 Å². The second-order valence-corrected chi connectivity index (χ2v) is 7.81. The van der Waals surface area contributed by atoms with Gasteiger partial charge in [0.15, 0.2) is 0 Å². The Bertz CT molecular complexity index is 761. The molecule has 1 N–H and O–H groups in total. The highest BCUT2D eigenvalue weighted by atomic mass is 32.2. The molecule has 7 heteroatoms. The van der Waals surface area contributed by atoms with Crippen molar-refractivity contribution in [1.29, 1.82) is 0 Å². The van der Waals surface area contributed by atoms with Gasteiger partial charge in [0.2, 0.25) is 5.16 Å². The molecule has 24 heavy (non-hydrogen) atoms. The van der Waals surface area contributed by atoms with E-state index < -0.39 is 10.8 Å². The molecule has 1 aliphatic heterocycles. The van der Waals surface area contributed by atoms with E-state index in [1.165, 1.54) is 0 Å². The molecule has 1 atom stereocenters. The van der Waals surface area contributed by atoms with Crippen molar-refractivity contribution in [3.05, 3.63) is 41.2 Å². The highest BCUT2D eigenvalue weighted by Gasteiger charge is 2.28. The summed E-state index contributed by atoms with van der Waals surface area (Å²) in [6, 6.07) is 7.38. The third-order valence-electron chi connectivity index (χ3n) is 4.54. The minimum absolute atomic E-state index is 0.0863. The average molecular weight is 344 g/mol. The Kier molecular flexibility index (Phi) is 4.18. The van der Waals surface area contributed by atoms with E-state index in [-0.39, 0.29) is 5.91 Å². The number of likely N-dealkylation sites (tertiary alicyclic amines) is 1. The molecular formula is C17H20N4O2S. The summed E-state index contributed by atoms with van der Waals surface area (Å²) in [5.41, 5.74) is 1.62. The van der Waals surface area contributed by atoms with Gasteiger partial charge in [0.1, 0.15) is 5.82 Å². The molecule has 6 nitrogen and oxygen atoms in total. The van der Waals surface area contributed by atoms with E-state index in [0.717, 1.165) is 50.2 Å². The molecule has 2 heterocycles. The number of nitrogens with one attached hydrogen (secondary N) is 1. The van der Waals surface area contributed by atoms with Crippen LogP contribution in [0.2, 0.25) is 0 Å². The van der Waals surface area contributed by atoms with Gasteiger partial charge in [0.25, 0.3) is 5.91 Å². The van der Waals surface area contributed by atoms with Crippen LogP contribution in [-0.4, -0.2) is 43.3 Å². The number of aromatic nitrogens is 3. The van der Waals surface area contributed by atoms with Crippen molar-refractivity contribution in [1.82, 2.24) is 20.1 Å². The van der Waals surface area contributed by atoms with Gasteiger partial charge < -0.3 is 4.90 Å². The number of carbonyl (C=O) groups is 1. The molecule has 1 saturated carbocycles. The highest BCUT2D eigenvalue weighted by Crippen LogP contribution is 2.37. The minimum Gasteiger partial charge on any atom is -0.339 e. The van der Waals surface area contributed by atoms with Gasteiger partial charge in [-0.25, -0.2) is 4.98 Å². The van der Waals surface area contributed by atoms with Gasteiger partial charge >= 0.3 is 0 Å². The van der Waals surface area contributed by atoms with Gasteiger partial charge in [0.05, 0.1) is 16.6 Å². The van der Waals surface area contributed by atoms with Crippen LogP contribution in [-0.2, 0) is 16.6 Å². The van der Waals surface area contributed by atoms with Gasteiger partial charge in [0, 0.05) is 24.6 Å². The summed E-state index contributed by atoms with van der Waals surface area (Å²) in [4.78, 5) is 18.5. The molecular weight excluding hydrogens is 324 g/mol. The first kappa shape index (κ1) is 15.5. The molecule has 1 aliphatic carbocycles. The van der Waals surface area contributed by atoms with Crippen LogP contribution in [0.3, 0.4) is 0 Å². The number of hydrogen-bond donors (Lipinski definition) is 1. The van der Waals surface area contributed by atoms with Crippen LogP contribution in [0.15, 0.2) is 29.4 Å². The summed E-state index contributed by atoms with van der Waals surface area (Å²) < 4.78 is 12.4. The van der Waals surface area contributed by atoms with Gasteiger partial charge in [-0.05, 0) is 43.4 Å². The Hall–Kier alpha value is -2.02. The summed E-state index contributed by atoms with van der Waals surface area (Å²) in [5.74, 6) is 1.77. The molecule has 126 valence electrons. The summed E-state index contributed by atoms with van der Waals surface area (Å²) >= 11 is 0. The zero-order chi connectivity index (χ0) is 16.5. The molecule has 2 aliphatic rings. The summed E-state index contributed by atoms with van der Waals surface area (Å²) in [5, 5.41) is 7.33. The van der Waals surface area contributed by atoms with Crippen molar-refractivity contribution in [3.8, 4) is 0 Å². The van der Waals surface area contributed by atoms with Crippen molar-refractivity contribution < 1.29 is 9.00 Å². The quantitative estimate of drug-likeness (QED) is 0.902. The molecule has 1 aromatic heterocycles. The predicted molar refractivity (Wildman–Crippen MR) is 90.0 cm³/mol. The highest BCUT2D eigenvalue weighted by molar-refractivity contribution is 7.84. The number of carbonyl (C=O) groups excluding carboxylic acids is 1. The molecule has 4 rings (SSSR count). The van der Waals surface area contributed by atoms with E-state index in [1.54, 1.807) is 0 Å². The average Bonchev–Trinajstić information content (AvgIpc) is 3.12. The van der Waals surface area contributed by atoms with E-state index in [9.17, 15) is 9.00 Å². The molecule has 2 aromatic rings. The van der Waals surface area contributed by atoms with Crippen molar-refractivity contribution in [3.63, 3.8) is 0 Å². The smallest absolute Gasteiger partial charge is 0.253 e. The Morgan fingerprint density at radius 1 is 1.21 bits per heavy atom. The third kappa shape index (κ3) is 3.26. The third-order valence-corrected chi connectivity index (χ3v) is 5.73. The molecule has 0 unspecified atom stereocenters. The van der Waals surface area contributed by atoms with Gasteiger partial charge in [-0.3, -0.25) is 14.1 Å². The fourth-order valence-corrected chi connectivity index (χ4v) is 3.93. The first-order chi connectivity index (χ1) is 11.7. The minimum atomic E-state index is -1.27. The van der Waals surface area contributed by atoms with Crippen molar-refractivity contribution in [2.75, 3.05) is 13.1 Å². The van der Waals surface area contributed by atoms with Crippen LogP contribution < -0.4 is 0 Å². The molecule has 0 radical (unpaired) electrons. The van der Waals surface area contributed by atoms with Crippen LogP contribution >= 0.6 is 0 Å². The number of aromatic amines is 1. The Labute approximate surface area is 143 Å². The topological polar surface area (TPSA) is 79.0 Å². The van der Waals surface area contributed by atoms with E-state index in [2.05, 4.69) is 15.2 Å². The molecule has 2 fully saturated rings. The Morgan fingerprint density at radius 2 is 1.92 bits per heavy atom. The van der Waals surface area contributed by atoms with E-state index in [1.807, 2.05) is 29.2 Å². The maximum atomic E-state index is 12.4. The van der Waals surface area contributed by atoms with Crippen LogP contribution in [0, 0.1) is 0 Å². The summed E-state index contributed by atoms with van der Waals surface area (Å²) in [6.07, 6.45) is 4.44. The van der Waals surface area contributed by atoms with E-state index in [4.69, 9.17) is 0 Å². The number of hydrogen-bond acceptors (Lipinski definition) is 4. The standard InChI is InChI=1S/C17H20N4O2S/c22-16(21-9-1-2-10-21)14-5-3-12(4-6-14)11-24(23)17-18-15(19-20-17)13-7-8-13/h3-6,13H,1-2,7-11H2,(H,18,19,20)/t24-/m1/s1. The van der Waals surface area contributed by atoms with Gasteiger partial charge in [-0.2, -0.15) is 0 Å². The number of amides is 1. The fourth-order valence-electron chi connectivity index (χ4n) is 2.96. The van der Waals surface area contributed by atoms with Crippen molar-refractivity contribution in [2.45, 2.75) is 42.5 Å². The van der Waals surface area contributed by atoms with Crippen LogP contribution in [0.1, 0.15) is 53.3 Å². The Morgan fingerprint density at radius 3 is 2.58 bits per heavy atom. The lowest BCUT2D eigenvalue weighted by molar-refractivity contribution is 0.0793. The molecule has 1 saturated heterocycles. The zero-order valence-electron chi connectivity index (χ0n) is 13.4. The summed E-state index contributed by atoms with van der Waals surface area (Å²) in [6.45, 7) is 1.69. The van der Waals surface area contributed by atoms with Crippen molar-refractivity contribution >= 4 is 16.7 Å². The van der Waals surface area contributed by atoms with E-state index >= 15 is 0 Å². The van der Waals surface area contributed by atoms with Gasteiger partial charge in [-0.15, -0.1) is 5.10 Å². The molecule has 0 bridgehead atoms. The predicted octanol–water partition coefficient (Wildman–Crippen LogP) is 2.23. The summed E-state index contributed by atoms with van der Waals surface area (Å²) in [7, 11) is -1.27. The lowest BCUT2D eigenvalue weighted by Crippen LogP contribution is -2.27. The Balaban J connectivity index is 1.40. The van der Waals surface area contributed by atoms with E-state index in [0.29, 0.717) is 22.4 Å². The number of rotatable bonds is 5. The maximum absolute atomic E-state index is 12.4. The first-order valence-corrected chi connectivity index (χ1v) is 9.71. The maximum Gasteiger partial charge on any atom is 0.253 e. The lowest BCUT2D eigenvalue weighted by Gasteiger charge is -2.15. The second-order valence-electron chi connectivity index (χ2n) is 6.46. The lowest BCUT2D eigenvalue weighted by atomic mass is 10.1. The second kappa shape index (κ2) is 6.47. The monoisotopic (exact) mass is 344 g/mol. The van der Waals surface area contributed by atoms with Crippen LogP contribution in [0.25, 0.3) is 0 Å². The molecule has 0 spiro atoms. The number of benzene rings is 1. The zero-order valence-corrected chi connectivity index (χ0v) is 14.2. The first-order valence-electron chi connectivity index (χ1n) is 8.39. The number of nitrogens with zero attached hydrogens (tertiary/aromatic N) is 3. The fraction of sp³-hybridized carbons (Fsp3) is 0.471. The SMILES string of the molecule is O=C(c1ccc(C[S@@](=O)c2n[nH]c(C3CC3)n2)cc1)N1CCCC1. The molecule has 1 amide bonds. The normalized spacial score (nSPS) is 18.8. The molecule has 1 aromatic carbocycles. The van der Waals surface area contributed by atoms with Gasteiger partial charge in [-0.1, -0.05) is 12.1 Å². The van der Waals surface area contributed by atoms with Crippen LogP contribution in [0.5, 0.6) is 0 Å².